The number of nitrogens with zero attached hydrogens (tertiary/aromatic N) is 1. The molecule has 0 radical (unpaired) electrons. The van der Waals surface area contributed by atoms with E-state index in [0.717, 1.165) is 0 Å². The summed E-state index contributed by atoms with van der Waals surface area (Å²) in [6, 6.07) is 11.2. The van der Waals surface area contributed by atoms with Gasteiger partial charge in [-0.3, -0.25) is 0 Å². The van der Waals surface area contributed by atoms with E-state index in [1.807, 2.05) is 6.07 Å². The highest BCUT2D eigenvalue weighted by Crippen LogP contribution is 2.44. The number of hydrogen-bond acceptors (Lipinski definition) is 6. The molecule has 6 nitrogen and oxygen atoms in total. The number of nitrogens with two attached hydrogens (primary N) is 1. The van der Waals surface area contributed by atoms with Gasteiger partial charge in [-0.15, -0.1) is 0 Å². The quantitative estimate of drug-likeness (QED) is 0.507. The Morgan fingerprint density at radius 1 is 1.34 bits per heavy atom. The summed E-state index contributed by atoms with van der Waals surface area (Å²) in [6.45, 7) is 3.45. The van der Waals surface area contributed by atoms with Gasteiger partial charge in [0.1, 0.15) is 35.6 Å². The number of carbonyl (C=O) groups excluding carboxylic acids is 1. The van der Waals surface area contributed by atoms with Gasteiger partial charge in [-0.2, -0.15) is 5.26 Å². The summed E-state index contributed by atoms with van der Waals surface area (Å²) in [5.74, 6) is -1.43. The van der Waals surface area contributed by atoms with Gasteiger partial charge in [-0.1, -0.05) is 33.6 Å². The third kappa shape index (κ3) is 4.90. The topological polar surface area (TPSA) is 94.6 Å². The van der Waals surface area contributed by atoms with Crippen LogP contribution in [-0.2, 0) is 20.9 Å². The van der Waals surface area contributed by atoms with Crippen molar-refractivity contribution >= 4 is 33.5 Å². The van der Waals surface area contributed by atoms with Gasteiger partial charge < -0.3 is 19.9 Å². The van der Waals surface area contributed by atoms with Gasteiger partial charge in [0.15, 0.2) is 0 Å². The minimum Gasteiger partial charge on any atom is -0.489 e. The van der Waals surface area contributed by atoms with Crippen LogP contribution in [0.15, 0.2) is 63.7 Å². The fourth-order valence-electron chi connectivity index (χ4n) is 3.34. The van der Waals surface area contributed by atoms with Gasteiger partial charge in [0.2, 0.25) is 5.88 Å². The van der Waals surface area contributed by atoms with E-state index in [0.29, 0.717) is 21.3 Å². The molecule has 2 N–H and O–H groups in total. The number of carbonyl (C=O) groups is 1. The minimum atomic E-state index is -0.871. The van der Waals surface area contributed by atoms with Crippen LogP contribution in [0.25, 0.3) is 0 Å². The zero-order valence-corrected chi connectivity index (χ0v) is 19.6. The highest BCUT2D eigenvalue weighted by atomic mass is 79.9. The van der Waals surface area contributed by atoms with Crippen LogP contribution >= 0.6 is 27.5 Å². The maximum Gasteiger partial charge on any atom is 0.338 e. The van der Waals surface area contributed by atoms with E-state index in [1.54, 1.807) is 32.0 Å². The van der Waals surface area contributed by atoms with E-state index in [2.05, 4.69) is 15.9 Å². The van der Waals surface area contributed by atoms with Gasteiger partial charge in [-0.25, -0.2) is 9.18 Å². The molecule has 0 fully saturated rings. The molecule has 0 saturated carbocycles. The lowest BCUT2D eigenvalue weighted by atomic mass is 9.82. The van der Waals surface area contributed by atoms with Crippen molar-refractivity contribution in [3.8, 4) is 11.8 Å². The number of rotatable bonds is 6. The summed E-state index contributed by atoms with van der Waals surface area (Å²) in [6.07, 6.45) is 0. The summed E-state index contributed by atoms with van der Waals surface area (Å²) in [5, 5.41) is 10.0. The highest BCUT2D eigenvalue weighted by Gasteiger charge is 2.38. The molecule has 0 amide bonds. The van der Waals surface area contributed by atoms with Crippen LogP contribution < -0.4 is 10.5 Å². The molecule has 2 aromatic rings. The lowest BCUT2D eigenvalue weighted by Gasteiger charge is -2.28. The Morgan fingerprint density at radius 3 is 2.75 bits per heavy atom. The molecule has 1 aliphatic heterocycles. The molecule has 0 bridgehead atoms. The second-order valence-corrected chi connectivity index (χ2v) is 8.14. The van der Waals surface area contributed by atoms with Crippen molar-refractivity contribution in [1.82, 2.24) is 0 Å². The van der Waals surface area contributed by atoms with Crippen LogP contribution in [0.2, 0.25) is 5.02 Å². The first-order chi connectivity index (χ1) is 15.3. The standard InChI is InChI=1S/C23H19BrClFN2O4/c1-3-30-23(29)20-12(2)32-22(28)17(10-27)21(20)16-8-14(24)5-7-19(16)31-11-13-4-6-15(26)9-18(13)25/h4-9,21H,3,11,28H2,1-2H3. The van der Waals surface area contributed by atoms with E-state index in [9.17, 15) is 14.4 Å². The van der Waals surface area contributed by atoms with E-state index in [1.165, 1.54) is 18.2 Å². The second kappa shape index (κ2) is 10.1. The van der Waals surface area contributed by atoms with Crippen LogP contribution in [0, 0.1) is 17.1 Å². The lowest BCUT2D eigenvalue weighted by molar-refractivity contribution is -0.139. The molecular weight excluding hydrogens is 503 g/mol. The summed E-state index contributed by atoms with van der Waals surface area (Å²) < 4.78 is 30.7. The van der Waals surface area contributed by atoms with Crippen LogP contribution in [0.4, 0.5) is 4.39 Å². The predicted molar refractivity (Wildman–Crippen MR) is 120 cm³/mol. The summed E-state index contributed by atoms with van der Waals surface area (Å²) >= 11 is 9.54. The molecule has 166 valence electrons. The molecule has 1 aliphatic rings. The summed E-state index contributed by atoms with van der Waals surface area (Å²) in [4.78, 5) is 12.8. The number of halogens is 3. The van der Waals surface area contributed by atoms with Gasteiger partial charge in [0, 0.05) is 15.6 Å². The number of nitriles is 1. The van der Waals surface area contributed by atoms with Crippen molar-refractivity contribution in [1.29, 1.82) is 5.26 Å². The van der Waals surface area contributed by atoms with Crippen LogP contribution in [0.3, 0.4) is 0 Å². The Morgan fingerprint density at radius 2 is 2.09 bits per heavy atom. The van der Waals surface area contributed by atoms with Crippen molar-refractivity contribution in [2.45, 2.75) is 26.4 Å². The molecule has 3 rings (SSSR count). The minimum absolute atomic E-state index is 0.0372. The van der Waals surface area contributed by atoms with E-state index in [-0.39, 0.29) is 41.0 Å². The number of ether oxygens (including phenoxy) is 3. The van der Waals surface area contributed by atoms with Gasteiger partial charge in [-0.05, 0) is 44.2 Å². The Kier molecular flexibility index (Phi) is 7.44. The molecule has 9 heteroatoms. The van der Waals surface area contributed by atoms with Crippen LogP contribution in [0.5, 0.6) is 5.75 Å². The van der Waals surface area contributed by atoms with Crippen molar-refractivity contribution < 1.29 is 23.4 Å². The largest absolute Gasteiger partial charge is 0.489 e. The van der Waals surface area contributed by atoms with Crippen molar-refractivity contribution in [2.75, 3.05) is 6.61 Å². The zero-order chi connectivity index (χ0) is 23.4. The fourth-order valence-corrected chi connectivity index (χ4v) is 3.94. The van der Waals surface area contributed by atoms with Gasteiger partial charge in [0.05, 0.1) is 23.1 Å². The molecule has 1 unspecified atom stereocenters. The summed E-state index contributed by atoms with van der Waals surface area (Å²) in [5.41, 5.74) is 7.26. The second-order valence-electron chi connectivity index (χ2n) is 6.82. The number of hydrogen-bond donors (Lipinski definition) is 1. The first-order valence-electron chi connectivity index (χ1n) is 9.58. The third-order valence-corrected chi connectivity index (χ3v) is 5.63. The zero-order valence-electron chi connectivity index (χ0n) is 17.2. The predicted octanol–water partition coefficient (Wildman–Crippen LogP) is 5.47. The molecule has 0 aromatic heterocycles. The molecule has 0 aliphatic carbocycles. The van der Waals surface area contributed by atoms with E-state index >= 15 is 0 Å². The third-order valence-electron chi connectivity index (χ3n) is 4.78. The Labute approximate surface area is 198 Å². The Balaban J connectivity index is 2.09. The van der Waals surface area contributed by atoms with Gasteiger partial charge in [0.25, 0.3) is 0 Å². The summed E-state index contributed by atoms with van der Waals surface area (Å²) in [7, 11) is 0. The van der Waals surface area contributed by atoms with Crippen molar-refractivity contribution in [3.05, 3.63) is 85.6 Å². The van der Waals surface area contributed by atoms with E-state index in [4.69, 9.17) is 31.5 Å². The fraction of sp³-hybridized carbons (Fsp3) is 0.217. The smallest absolute Gasteiger partial charge is 0.338 e. The van der Waals surface area contributed by atoms with Crippen molar-refractivity contribution in [3.63, 3.8) is 0 Å². The normalized spacial score (nSPS) is 15.8. The molecule has 2 aromatic carbocycles. The van der Waals surface area contributed by atoms with Crippen molar-refractivity contribution in [2.24, 2.45) is 5.73 Å². The maximum atomic E-state index is 13.4. The van der Waals surface area contributed by atoms with E-state index < -0.39 is 17.7 Å². The number of benzene rings is 2. The number of esters is 1. The molecule has 1 atom stereocenters. The molecule has 0 saturated heterocycles. The maximum absolute atomic E-state index is 13.4. The van der Waals surface area contributed by atoms with Gasteiger partial charge >= 0.3 is 5.97 Å². The average Bonchev–Trinajstić information content (AvgIpc) is 2.73. The molecule has 0 spiro atoms. The molecule has 32 heavy (non-hydrogen) atoms. The first kappa shape index (κ1) is 23.6. The Hall–Kier alpha value is -3.02. The molecular formula is C23H19BrClFN2O4. The SMILES string of the molecule is CCOC(=O)C1=C(C)OC(N)=C(C#N)C1c1cc(Br)ccc1OCc1ccc(F)cc1Cl. The average molecular weight is 522 g/mol. The monoisotopic (exact) mass is 520 g/mol. The Bertz CT molecular complexity index is 1170. The number of allylic oxidation sites excluding steroid dienone is 2. The first-order valence-corrected chi connectivity index (χ1v) is 10.8. The lowest BCUT2D eigenvalue weighted by Crippen LogP contribution is -2.26. The van der Waals surface area contributed by atoms with Crippen LogP contribution in [-0.4, -0.2) is 12.6 Å². The highest BCUT2D eigenvalue weighted by molar-refractivity contribution is 9.10. The molecule has 1 heterocycles. The van der Waals surface area contributed by atoms with Crippen LogP contribution in [0.1, 0.15) is 30.9 Å².